The maximum Gasteiger partial charge on any atom is 0.215 e. The van der Waals surface area contributed by atoms with Crippen molar-refractivity contribution < 1.29 is 4.74 Å². The molecular formula is C12H20N2OS. The third-order valence-electron chi connectivity index (χ3n) is 1.98. The summed E-state index contributed by atoms with van der Waals surface area (Å²) >= 11 is 1.93. The first-order chi connectivity index (χ1) is 7.76. The van der Waals surface area contributed by atoms with Gasteiger partial charge in [0, 0.05) is 17.9 Å². The normalized spacial score (nSPS) is 12.2. The fourth-order valence-corrected chi connectivity index (χ4v) is 1.98. The standard InChI is InChI=1S/C12H20N2OS/c1-4-15-12-8-6-7-11(14-12)13-10(3)9-16-5-2/h6-8,10H,4-5,9H2,1-3H3,(H,13,14). The van der Waals surface area contributed by atoms with Crippen LogP contribution in [0.15, 0.2) is 18.2 Å². The molecule has 3 nitrogen and oxygen atoms in total. The minimum atomic E-state index is 0.425. The van der Waals surface area contributed by atoms with E-state index >= 15 is 0 Å². The SMILES string of the molecule is CCOc1cccc(NC(C)CSCC)n1. The predicted molar refractivity (Wildman–Crippen MR) is 71.5 cm³/mol. The number of rotatable bonds is 7. The van der Waals surface area contributed by atoms with E-state index in [1.807, 2.05) is 36.9 Å². The Morgan fingerprint density at radius 3 is 2.94 bits per heavy atom. The summed E-state index contributed by atoms with van der Waals surface area (Å²) in [5, 5.41) is 3.36. The topological polar surface area (TPSA) is 34.1 Å². The van der Waals surface area contributed by atoms with Gasteiger partial charge in [0.2, 0.25) is 5.88 Å². The van der Waals surface area contributed by atoms with E-state index < -0.39 is 0 Å². The van der Waals surface area contributed by atoms with Crippen LogP contribution in [0.3, 0.4) is 0 Å². The molecule has 0 spiro atoms. The van der Waals surface area contributed by atoms with Gasteiger partial charge in [0.1, 0.15) is 5.82 Å². The molecule has 1 atom stereocenters. The van der Waals surface area contributed by atoms with Crippen LogP contribution in [0, 0.1) is 0 Å². The van der Waals surface area contributed by atoms with Crippen molar-refractivity contribution in [2.75, 3.05) is 23.4 Å². The molecular weight excluding hydrogens is 220 g/mol. The molecule has 1 rings (SSSR count). The van der Waals surface area contributed by atoms with E-state index in [1.54, 1.807) is 0 Å². The molecule has 1 aromatic heterocycles. The van der Waals surface area contributed by atoms with Crippen molar-refractivity contribution in [3.8, 4) is 5.88 Å². The van der Waals surface area contributed by atoms with Gasteiger partial charge in [0.15, 0.2) is 0 Å². The first kappa shape index (κ1) is 13.2. The molecule has 0 aliphatic rings. The van der Waals surface area contributed by atoms with Crippen molar-refractivity contribution in [2.45, 2.75) is 26.8 Å². The van der Waals surface area contributed by atoms with Crippen LogP contribution in [0.25, 0.3) is 0 Å². The van der Waals surface area contributed by atoms with Gasteiger partial charge in [-0.1, -0.05) is 13.0 Å². The van der Waals surface area contributed by atoms with Gasteiger partial charge >= 0.3 is 0 Å². The average Bonchev–Trinajstić information content (AvgIpc) is 2.27. The number of anilines is 1. The highest BCUT2D eigenvalue weighted by atomic mass is 32.2. The van der Waals surface area contributed by atoms with Crippen LogP contribution in [0.4, 0.5) is 5.82 Å². The lowest BCUT2D eigenvalue weighted by molar-refractivity contribution is 0.327. The van der Waals surface area contributed by atoms with E-state index in [2.05, 4.69) is 24.1 Å². The molecule has 0 fully saturated rings. The van der Waals surface area contributed by atoms with E-state index in [4.69, 9.17) is 4.74 Å². The molecule has 0 radical (unpaired) electrons. The first-order valence-corrected chi connectivity index (χ1v) is 6.85. The second-order valence-corrected chi connectivity index (χ2v) is 4.82. The van der Waals surface area contributed by atoms with Crippen molar-refractivity contribution in [1.82, 2.24) is 4.98 Å². The lowest BCUT2D eigenvalue weighted by Gasteiger charge is -2.14. The Hall–Kier alpha value is -0.900. The first-order valence-electron chi connectivity index (χ1n) is 5.70. The van der Waals surface area contributed by atoms with Gasteiger partial charge in [-0.15, -0.1) is 0 Å². The Morgan fingerprint density at radius 2 is 2.25 bits per heavy atom. The van der Waals surface area contributed by atoms with Gasteiger partial charge < -0.3 is 10.1 Å². The van der Waals surface area contributed by atoms with Crippen LogP contribution >= 0.6 is 11.8 Å². The number of ether oxygens (including phenoxy) is 1. The fourth-order valence-electron chi connectivity index (χ4n) is 1.31. The summed E-state index contributed by atoms with van der Waals surface area (Å²) in [5.74, 6) is 3.81. The van der Waals surface area contributed by atoms with Crippen LogP contribution in [0.2, 0.25) is 0 Å². The second-order valence-electron chi connectivity index (χ2n) is 3.50. The van der Waals surface area contributed by atoms with Gasteiger partial charge in [-0.25, -0.2) is 0 Å². The van der Waals surface area contributed by atoms with E-state index in [9.17, 15) is 0 Å². The summed E-state index contributed by atoms with van der Waals surface area (Å²) in [6, 6.07) is 6.23. The number of aromatic nitrogens is 1. The van der Waals surface area contributed by atoms with Crippen LogP contribution in [-0.4, -0.2) is 29.1 Å². The lowest BCUT2D eigenvalue weighted by Crippen LogP contribution is -2.18. The molecule has 0 amide bonds. The zero-order valence-corrected chi connectivity index (χ0v) is 11.0. The number of nitrogens with one attached hydrogen (secondary N) is 1. The molecule has 1 N–H and O–H groups in total. The molecule has 90 valence electrons. The van der Waals surface area contributed by atoms with Crippen molar-refractivity contribution in [1.29, 1.82) is 0 Å². The molecule has 0 bridgehead atoms. The molecule has 4 heteroatoms. The highest BCUT2D eigenvalue weighted by Gasteiger charge is 2.03. The van der Waals surface area contributed by atoms with Crippen LogP contribution in [0.5, 0.6) is 5.88 Å². The summed E-state index contributed by atoms with van der Waals surface area (Å²) in [6.07, 6.45) is 0. The molecule has 0 saturated heterocycles. The average molecular weight is 240 g/mol. The van der Waals surface area contributed by atoms with E-state index in [-0.39, 0.29) is 0 Å². The molecule has 0 aromatic carbocycles. The molecule has 0 aliphatic carbocycles. The summed E-state index contributed by atoms with van der Waals surface area (Å²) in [4.78, 5) is 4.37. The zero-order valence-electron chi connectivity index (χ0n) is 10.2. The minimum Gasteiger partial charge on any atom is -0.478 e. The van der Waals surface area contributed by atoms with Gasteiger partial charge in [0.25, 0.3) is 0 Å². The number of thioether (sulfide) groups is 1. The second kappa shape index (κ2) is 7.39. The fraction of sp³-hybridized carbons (Fsp3) is 0.583. The van der Waals surface area contributed by atoms with Crippen LogP contribution in [0.1, 0.15) is 20.8 Å². The van der Waals surface area contributed by atoms with Crippen molar-refractivity contribution in [2.24, 2.45) is 0 Å². The zero-order chi connectivity index (χ0) is 11.8. The molecule has 16 heavy (non-hydrogen) atoms. The smallest absolute Gasteiger partial charge is 0.215 e. The summed E-state index contributed by atoms with van der Waals surface area (Å²) in [7, 11) is 0. The highest BCUT2D eigenvalue weighted by Crippen LogP contribution is 2.13. The molecule has 0 saturated carbocycles. The third kappa shape index (κ3) is 4.75. The summed E-state index contributed by atoms with van der Waals surface area (Å²) < 4.78 is 5.35. The van der Waals surface area contributed by atoms with Crippen LogP contribution < -0.4 is 10.1 Å². The Kier molecular flexibility index (Phi) is 6.08. The maximum atomic E-state index is 5.35. The molecule has 0 aliphatic heterocycles. The van der Waals surface area contributed by atoms with Crippen molar-refractivity contribution >= 4 is 17.6 Å². The number of pyridine rings is 1. The van der Waals surface area contributed by atoms with E-state index in [1.165, 1.54) is 0 Å². The monoisotopic (exact) mass is 240 g/mol. The van der Waals surface area contributed by atoms with Crippen LogP contribution in [-0.2, 0) is 0 Å². The van der Waals surface area contributed by atoms with Gasteiger partial charge in [-0.3, -0.25) is 0 Å². The van der Waals surface area contributed by atoms with Gasteiger partial charge in [0.05, 0.1) is 6.61 Å². The predicted octanol–water partition coefficient (Wildman–Crippen LogP) is 3.03. The largest absolute Gasteiger partial charge is 0.478 e. The van der Waals surface area contributed by atoms with Gasteiger partial charge in [-0.05, 0) is 25.7 Å². The molecule has 1 heterocycles. The van der Waals surface area contributed by atoms with Crippen molar-refractivity contribution in [3.63, 3.8) is 0 Å². The number of hydrogen-bond donors (Lipinski definition) is 1. The summed E-state index contributed by atoms with van der Waals surface area (Å²) in [6.45, 7) is 6.95. The van der Waals surface area contributed by atoms with E-state index in [0.29, 0.717) is 18.5 Å². The molecule has 1 unspecified atom stereocenters. The number of hydrogen-bond acceptors (Lipinski definition) is 4. The minimum absolute atomic E-state index is 0.425. The van der Waals surface area contributed by atoms with E-state index in [0.717, 1.165) is 17.3 Å². The Bertz CT molecular complexity index is 307. The lowest BCUT2D eigenvalue weighted by atomic mass is 10.3. The van der Waals surface area contributed by atoms with Crippen molar-refractivity contribution in [3.05, 3.63) is 18.2 Å². The maximum absolute atomic E-state index is 5.35. The highest BCUT2D eigenvalue weighted by molar-refractivity contribution is 7.99. The summed E-state index contributed by atoms with van der Waals surface area (Å²) in [5.41, 5.74) is 0. The van der Waals surface area contributed by atoms with Gasteiger partial charge in [-0.2, -0.15) is 16.7 Å². The Morgan fingerprint density at radius 1 is 1.44 bits per heavy atom. The quantitative estimate of drug-likeness (QED) is 0.794. The Balaban J connectivity index is 2.49. The Labute approximate surface area is 102 Å². The number of nitrogens with zero attached hydrogens (tertiary/aromatic N) is 1. The third-order valence-corrected chi connectivity index (χ3v) is 3.13. The molecule has 1 aromatic rings.